The fourth-order valence-corrected chi connectivity index (χ4v) is 2.51. The van der Waals surface area contributed by atoms with Crippen LogP contribution in [0, 0.1) is 5.92 Å². The van der Waals surface area contributed by atoms with E-state index in [0.29, 0.717) is 23.0 Å². The van der Waals surface area contributed by atoms with Crippen molar-refractivity contribution in [2.24, 2.45) is 5.92 Å². The van der Waals surface area contributed by atoms with Crippen LogP contribution >= 0.6 is 11.6 Å². The zero-order chi connectivity index (χ0) is 12.4. The second-order valence-corrected chi connectivity index (χ2v) is 5.64. The molecular formula is C13H20ClN3. The summed E-state index contributed by atoms with van der Waals surface area (Å²) in [6.07, 6.45) is 3.82. The smallest absolute Gasteiger partial charge is 0.135 e. The van der Waals surface area contributed by atoms with E-state index in [0.717, 1.165) is 11.6 Å². The predicted molar refractivity (Wildman–Crippen MR) is 71.6 cm³/mol. The van der Waals surface area contributed by atoms with Gasteiger partial charge in [0.05, 0.1) is 0 Å². The Hall–Kier alpha value is -0.830. The van der Waals surface area contributed by atoms with Crippen LogP contribution in [0.3, 0.4) is 0 Å². The lowest BCUT2D eigenvalue weighted by molar-refractivity contribution is 0.554. The summed E-state index contributed by atoms with van der Waals surface area (Å²) in [5.74, 6) is 2.69. The van der Waals surface area contributed by atoms with E-state index in [2.05, 4.69) is 36.1 Å². The Labute approximate surface area is 108 Å². The topological polar surface area (TPSA) is 37.8 Å². The predicted octanol–water partition coefficient (Wildman–Crippen LogP) is 3.85. The summed E-state index contributed by atoms with van der Waals surface area (Å²) in [6, 6.07) is 2.35. The number of hydrogen-bond acceptors (Lipinski definition) is 3. The van der Waals surface area contributed by atoms with Crippen molar-refractivity contribution in [1.29, 1.82) is 0 Å². The average molecular weight is 254 g/mol. The van der Waals surface area contributed by atoms with Gasteiger partial charge in [-0.3, -0.25) is 0 Å². The van der Waals surface area contributed by atoms with Gasteiger partial charge in [-0.2, -0.15) is 0 Å². The highest BCUT2D eigenvalue weighted by atomic mass is 35.5. The van der Waals surface area contributed by atoms with Crippen molar-refractivity contribution < 1.29 is 0 Å². The van der Waals surface area contributed by atoms with Gasteiger partial charge in [0, 0.05) is 18.0 Å². The molecule has 2 rings (SSSR count). The molecule has 0 saturated heterocycles. The van der Waals surface area contributed by atoms with E-state index >= 15 is 0 Å². The van der Waals surface area contributed by atoms with E-state index in [1.54, 1.807) is 0 Å². The lowest BCUT2D eigenvalue weighted by Crippen LogP contribution is -2.22. The van der Waals surface area contributed by atoms with Gasteiger partial charge in [0.25, 0.3) is 0 Å². The molecule has 1 aliphatic carbocycles. The van der Waals surface area contributed by atoms with Gasteiger partial charge in [0.15, 0.2) is 0 Å². The van der Waals surface area contributed by atoms with E-state index in [1.165, 1.54) is 19.3 Å². The van der Waals surface area contributed by atoms with Crippen LogP contribution in [0.5, 0.6) is 0 Å². The third kappa shape index (κ3) is 3.09. The minimum atomic E-state index is 0.301. The number of hydrogen-bond donors (Lipinski definition) is 1. The standard InChI is InChI=1S/C13H20ClN3/c1-8(2)13-16-11(14)7-12(17-13)15-10-6-4-5-9(10)3/h7-10H,4-6H2,1-3H3,(H,15,16,17). The second-order valence-electron chi connectivity index (χ2n) is 5.25. The zero-order valence-electron chi connectivity index (χ0n) is 10.7. The molecule has 1 heterocycles. The molecule has 94 valence electrons. The Morgan fingerprint density at radius 1 is 1.35 bits per heavy atom. The van der Waals surface area contributed by atoms with Gasteiger partial charge < -0.3 is 5.32 Å². The van der Waals surface area contributed by atoms with E-state index < -0.39 is 0 Å². The fraction of sp³-hybridized carbons (Fsp3) is 0.692. The van der Waals surface area contributed by atoms with Crippen LogP contribution in [-0.2, 0) is 0 Å². The Kier molecular flexibility index (Phi) is 3.87. The Bertz CT molecular complexity index is 392. The molecule has 0 radical (unpaired) electrons. The minimum Gasteiger partial charge on any atom is -0.367 e. The molecule has 1 fully saturated rings. The Balaban J connectivity index is 2.15. The molecule has 17 heavy (non-hydrogen) atoms. The average Bonchev–Trinajstić information content (AvgIpc) is 2.63. The molecule has 0 aliphatic heterocycles. The van der Waals surface area contributed by atoms with Crippen LogP contribution in [-0.4, -0.2) is 16.0 Å². The SMILES string of the molecule is CC(C)c1nc(Cl)cc(NC2CCCC2C)n1. The molecule has 1 N–H and O–H groups in total. The van der Waals surface area contributed by atoms with Crippen molar-refractivity contribution in [2.75, 3.05) is 5.32 Å². The molecule has 3 nitrogen and oxygen atoms in total. The molecule has 0 aromatic carbocycles. The molecule has 2 atom stereocenters. The van der Waals surface area contributed by atoms with E-state index in [9.17, 15) is 0 Å². The first kappa shape index (κ1) is 12.6. The maximum Gasteiger partial charge on any atom is 0.135 e. The normalized spacial score (nSPS) is 24.3. The maximum atomic E-state index is 6.02. The summed E-state index contributed by atoms with van der Waals surface area (Å²) in [5, 5.41) is 4.02. The van der Waals surface area contributed by atoms with Crippen LogP contribution in [0.4, 0.5) is 5.82 Å². The highest BCUT2D eigenvalue weighted by molar-refractivity contribution is 6.29. The summed E-state index contributed by atoms with van der Waals surface area (Å²) in [6.45, 7) is 6.44. The maximum absolute atomic E-state index is 6.02. The molecule has 4 heteroatoms. The van der Waals surface area contributed by atoms with Crippen molar-refractivity contribution in [3.63, 3.8) is 0 Å². The molecule has 0 spiro atoms. The van der Waals surface area contributed by atoms with Gasteiger partial charge in [-0.05, 0) is 18.8 Å². The molecule has 1 aromatic rings. The number of aromatic nitrogens is 2. The molecule has 0 bridgehead atoms. The largest absolute Gasteiger partial charge is 0.367 e. The van der Waals surface area contributed by atoms with Crippen molar-refractivity contribution in [3.8, 4) is 0 Å². The molecule has 1 saturated carbocycles. The first-order chi connectivity index (χ1) is 8.06. The highest BCUT2D eigenvalue weighted by Gasteiger charge is 2.23. The van der Waals surface area contributed by atoms with Gasteiger partial charge in [-0.1, -0.05) is 38.8 Å². The number of halogens is 1. The zero-order valence-corrected chi connectivity index (χ0v) is 11.5. The van der Waals surface area contributed by atoms with E-state index in [-0.39, 0.29) is 0 Å². The van der Waals surface area contributed by atoms with Gasteiger partial charge >= 0.3 is 0 Å². The molecule has 2 unspecified atom stereocenters. The molecule has 0 amide bonds. The van der Waals surface area contributed by atoms with E-state index in [4.69, 9.17) is 11.6 Å². The summed E-state index contributed by atoms with van der Waals surface area (Å²) < 4.78 is 0. The van der Waals surface area contributed by atoms with Crippen LogP contribution in [0.25, 0.3) is 0 Å². The molecule has 1 aromatic heterocycles. The second kappa shape index (κ2) is 5.21. The fourth-order valence-electron chi connectivity index (χ4n) is 2.32. The van der Waals surface area contributed by atoms with Crippen LogP contribution in [0.2, 0.25) is 5.15 Å². The minimum absolute atomic E-state index is 0.301. The van der Waals surface area contributed by atoms with Crippen molar-refractivity contribution in [3.05, 3.63) is 17.0 Å². The monoisotopic (exact) mass is 253 g/mol. The molecule has 1 aliphatic rings. The third-order valence-electron chi connectivity index (χ3n) is 3.42. The Morgan fingerprint density at radius 3 is 2.71 bits per heavy atom. The van der Waals surface area contributed by atoms with Crippen molar-refractivity contribution in [1.82, 2.24) is 9.97 Å². The van der Waals surface area contributed by atoms with Gasteiger partial charge in [-0.15, -0.1) is 0 Å². The third-order valence-corrected chi connectivity index (χ3v) is 3.62. The summed E-state index contributed by atoms with van der Waals surface area (Å²) in [5.41, 5.74) is 0. The molecular weight excluding hydrogens is 234 g/mol. The lowest BCUT2D eigenvalue weighted by Gasteiger charge is -2.18. The highest BCUT2D eigenvalue weighted by Crippen LogP contribution is 2.28. The summed E-state index contributed by atoms with van der Waals surface area (Å²) >= 11 is 6.02. The first-order valence-electron chi connectivity index (χ1n) is 6.37. The lowest BCUT2D eigenvalue weighted by atomic mass is 10.1. The quantitative estimate of drug-likeness (QED) is 0.832. The number of nitrogens with zero attached hydrogens (tertiary/aromatic N) is 2. The van der Waals surface area contributed by atoms with Crippen molar-refractivity contribution in [2.45, 2.75) is 52.0 Å². The summed E-state index contributed by atoms with van der Waals surface area (Å²) in [7, 11) is 0. The van der Waals surface area contributed by atoms with Crippen LogP contribution < -0.4 is 5.32 Å². The number of anilines is 1. The van der Waals surface area contributed by atoms with Crippen LogP contribution in [0.1, 0.15) is 51.8 Å². The van der Waals surface area contributed by atoms with Gasteiger partial charge in [0.2, 0.25) is 0 Å². The number of rotatable bonds is 3. The van der Waals surface area contributed by atoms with Crippen LogP contribution in [0.15, 0.2) is 6.07 Å². The van der Waals surface area contributed by atoms with Gasteiger partial charge in [-0.25, -0.2) is 9.97 Å². The van der Waals surface area contributed by atoms with Gasteiger partial charge in [0.1, 0.15) is 16.8 Å². The van der Waals surface area contributed by atoms with Crippen molar-refractivity contribution >= 4 is 17.4 Å². The van der Waals surface area contributed by atoms with E-state index in [1.807, 2.05) is 6.07 Å². The first-order valence-corrected chi connectivity index (χ1v) is 6.75. The Morgan fingerprint density at radius 2 is 2.12 bits per heavy atom. The number of nitrogens with one attached hydrogen (secondary N) is 1. The summed E-state index contributed by atoms with van der Waals surface area (Å²) in [4.78, 5) is 8.77.